The smallest absolute Gasteiger partial charge is 0.182 e. The number of fused-ring (bicyclic) bond motifs is 3. The van der Waals surface area contributed by atoms with Gasteiger partial charge < -0.3 is 14.6 Å². The molecule has 4 aromatic rings. The first kappa shape index (κ1) is 17.7. The summed E-state index contributed by atoms with van der Waals surface area (Å²) in [5.74, 6) is 1.07. The van der Waals surface area contributed by atoms with Crippen LogP contribution in [-0.4, -0.2) is 34.5 Å². The van der Waals surface area contributed by atoms with Gasteiger partial charge in [-0.2, -0.15) is 5.10 Å². The third-order valence-corrected chi connectivity index (χ3v) is 5.38. The summed E-state index contributed by atoms with van der Waals surface area (Å²) in [5, 5.41) is 19.9. The van der Waals surface area contributed by atoms with E-state index in [1.807, 2.05) is 19.1 Å². The van der Waals surface area contributed by atoms with Crippen LogP contribution in [0, 0.1) is 6.92 Å². The maximum atomic E-state index is 9.82. The standard InChI is InChI=1S/C19H15Cl2N3O3/c1-8-15-10-6-13(26-2)14(27-3)7-11(10)18(22-19(15)24-23-8)9-4-5-12(25)17(21)16(9)20/h4-7,25H,1-3H3,(H,22,23,24). The van der Waals surface area contributed by atoms with Gasteiger partial charge in [-0.1, -0.05) is 23.2 Å². The second-order valence-corrected chi connectivity index (χ2v) is 6.78. The number of halogens is 2. The molecule has 0 bridgehead atoms. The lowest BCUT2D eigenvalue weighted by molar-refractivity contribution is 0.356. The van der Waals surface area contributed by atoms with Crippen LogP contribution in [0.25, 0.3) is 33.1 Å². The van der Waals surface area contributed by atoms with E-state index in [1.54, 1.807) is 20.3 Å². The molecule has 6 nitrogen and oxygen atoms in total. The molecule has 0 fully saturated rings. The van der Waals surface area contributed by atoms with Crippen molar-refractivity contribution in [2.75, 3.05) is 14.2 Å². The first-order chi connectivity index (χ1) is 13.0. The molecule has 0 aliphatic rings. The number of aromatic hydroxyl groups is 1. The fourth-order valence-electron chi connectivity index (χ4n) is 3.20. The Morgan fingerprint density at radius 2 is 1.67 bits per heavy atom. The highest BCUT2D eigenvalue weighted by molar-refractivity contribution is 6.44. The van der Waals surface area contributed by atoms with E-state index in [1.165, 1.54) is 6.07 Å². The number of aromatic nitrogens is 3. The van der Waals surface area contributed by atoms with Crippen LogP contribution in [0.2, 0.25) is 10.0 Å². The van der Waals surface area contributed by atoms with E-state index in [-0.39, 0.29) is 15.8 Å². The van der Waals surface area contributed by atoms with Crippen LogP contribution >= 0.6 is 23.2 Å². The van der Waals surface area contributed by atoms with Crippen LogP contribution < -0.4 is 9.47 Å². The van der Waals surface area contributed by atoms with Crippen LogP contribution in [0.15, 0.2) is 24.3 Å². The summed E-state index contributed by atoms with van der Waals surface area (Å²) in [7, 11) is 3.16. The van der Waals surface area contributed by atoms with Crippen molar-refractivity contribution in [1.82, 2.24) is 15.2 Å². The lowest BCUT2D eigenvalue weighted by Crippen LogP contribution is -1.95. The minimum atomic E-state index is -0.0920. The zero-order valence-corrected chi connectivity index (χ0v) is 16.2. The van der Waals surface area contributed by atoms with Crippen molar-refractivity contribution >= 4 is 45.0 Å². The van der Waals surface area contributed by atoms with Gasteiger partial charge in [-0.05, 0) is 31.2 Å². The Labute approximate surface area is 164 Å². The van der Waals surface area contributed by atoms with Gasteiger partial charge in [0, 0.05) is 27.4 Å². The van der Waals surface area contributed by atoms with Gasteiger partial charge >= 0.3 is 0 Å². The fraction of sp³-hybridized carbons (Fsp3) is 0.158. The minimum absolute atomic E-state index is 0.0721. The molecule has 2 heterocycles. The zero-order valence-electron chi connectivity index (χ0n) is 14.7. The highest BCUT2D eigenvalue weighted by Gasteiger charge is 2.20. The number of H-pyrrole nitrogens is 1. The first-order valence-electron chi connectivity index (χ1n) is 8.04. The van der Waals surface area contributed by atoms with Crippen molar-refractivity contribution in [2.45, 2.75) is 6.92 Å². The number of phenolic OH excluding ortho intramolecular Hbond substituents is 1. The van der Waals surface area contributed by atoms with Gasteiger partial charge in [0.15, 0.2) is 17.1 Å². The second-order valence-electron chi connectivity index (χ2n) is 6.02. The minimum Gasteiger partial charge on any atom is -0.506 e. The Kier molecular flexibility index (Phi) is 4.25. The third-order valence-electron chi connectivity index (χ3n) is 4.51. The van der Waals surface area contributed by atoms with E-state index >= 15 is 0 Å². The van der Waals surface area contributed by atoms with Gasteiger partial charge in [0.1, 0.15) is 10.8 Å². The van der Waals surface area contributed by atoms with E-state index in [0.717, 1.165) is 21.9 Å². The second kappa shape index (κ2) is 6.48. The van der Waals surface area contributed by atoms with Crippen LogP contribution in [0.5, 0.6) is 17.2 Å². The SMILES string of the molecule is COc1cc2c(-c3ccc(O)c(Cl)c3Cl)nc3n[nH]c(C)c3c2cc1OC. The van der Waals surface area contributed by atoms with E-state index in [2.05, 4.69) is 10.2 Å². The molecule has 138 valence electrons. The topological polar surface area (TPSA) is 80.3 Å². The average Bonchev–Trinajstić information content (AvgIpc) is 3.05. The van der Waals surface area contributed by atoms with E-state index < -0.39 is 0 Å². The molecule has 0 saturated carbocycles. The number of rotatable bonds is 3. The number of hydrogen-bond acceptors (Lipinski definition) is 5. The van der Waals surface area contributed by atoms with Crippen molar-refractivity contribution in [1.29, 1.82) is 0 Å². The highest BCUT2D eigenvalue weighted by Crippen LogP contribution is 2.44. The Morgan fingerprint density at radius 1 is 1.00 bits per heavy atom. The maximum Gasteiger partial charge on any atom is 0.182 e. The van der Waals surface area contributed by atoms with Crippen LogP contribution in [0.3, 0.4) is 0 Å². The lowest BCUT2D eigenvalue weighted by Gasteiger charge is -2.14. The Balaban J connectivity index is 2.19. The highest BCUT2D eigenvalue weighted by atomic mass is 35.5. The number of methoxy groups -OCH3 is 2. The Morgan fingerprint density at radius 3 is 2.33 bits per heavy atom. The Hall–Kier alpha value is -2.70. The van der Waals surface area contributed by atoms with E-state index in [9.17, 15) is 5.11 Å². The molecule has 27 heavy (non-hydrogen) atoms. The molecule has 0 atom stereocenters. The molecule has 0 spiro atoms. The van der Waals surface area contributed by atoms with E-state index in [0.29, 0.717) is 28.4 Å². The predicted octanol–water partition coefficient (Wildman–Crippen LogP) is 5.12. The number of ether oxygens (including phenoxy) is 2. The van der Waals surface area contributed by atoms with Gasteiger partial charge in [0.05, 0.1) is 24.9 Å². The molecule has 0 unspecified atom stereocenters. The summed E-state index contributed by atoms with van der Waals surface area (Å²) >= 11 is 12.5. The number of aryl methyl sites for hydroxylation is 1. The fourth-order valence-corrected chi connectivity index (χ4v) is 3.61. The number of benzene rings is 2. The number of aromatic amines is 1. The Bertz CT molecular complexity index is 1200. The summed E-state index contributed by atoms with van der Waals surface area (Å²) in [6, 6.07) is 6.89. The molecule has 0 aliphatic carbocycles. The number of phenols is 1. The number of nitrogens with one attached hydrogen (secondary N) is 1. The molecule has 4 rings (SSSR count). The molecule has 2 N–H and O–H groups in total. The van der Waals surface area contributed by atoms with Gasteiger partial charge in [0.2, 0.25) is 0 Å². The lowest BCUT2D eigenvalue weighted by atomic mass is 10.00. The summed E-state index contributed by atoms with van der Waals surface area (Å²) in [4.78, 5) is 4.69. The van der Waals surface area contributed by atoms with Gasteiger partial charge in [0.25, 0.3) is 0 Å². The number of hydrogen-bond donors (Lipinski definition) is 2. The molecule has 0 radical (unpaired) electrons. The molecule has 0 amide bonds. The molecule has 2 aromatic carbocycles. The van der Waals surface area contributed by atoms with Gasteiger partial charge in [-0.3, -0.25) is 5.10 Å². The van der Waals surface area contributed by atoms with Gasteiger partial charge in [-0.15, -0.1) is 0 Å². The average molecular weight is 404 g/mol. The number of nitrogens with zero attached hydrogens (tertiary/aromatic N) is 2. The molecular weight excluding hydrogens is 389 g/mol. The number of pyridine rings is 1. The van der Waals surface area contributed by atoms with Crippen LogP contribution in [0.4, 0.5) is 0 Å². The predicted molar refractivity (Wildman–Crippen MR) is 106 cm³/mol. The maximum absolute atomic E-state index is 9.82. The van der Waals surface area contributed by atoms with E-state index in [4.69, 9.17) is 37.7 Å². The van der Waals surface area contributed by atoms with Crippen molar-refractivity contribution in [3.8, 4) is 28.5 Å². The van der Waals surface area contributed by atoms with Crippen molar-refractivity contribution < 1.29 is 14.6 Å². The normalized spacial score (nSPS) is 11.3. The first-order valence-corrected chi connectivity index (χ1v) is 8.79. The van der Waals surface area contributed by atoms with Crippen molar-refractivity contribution in [2.24, 2.45) is 0 Å². The molecule has 2 aromatic heterocycles. The van der Waals surface area contributed by atoms with Crippen LogP contribution in [0.1, 0.15) is 5.69 Å². The molecule has 0 aliphatic heterocycles. The van der Waals surface area contributed by atoms with Gasteiger partial charge in [-0.25, -0.2) is 4.98 Å². The molecular formula is C19H15Cl2N3O3. The molecule has 0 saturated heterocycles. The monoisotopic (exact) mass is 403 g/mol. The third kappa shape index (κ3) is 2.64. The zero-order chi connectivity index (χ0) is 19.3. The summed E-state index contributed by atoms with van der Waals surface area (Å²) in [6.07, 6.45) is 0. The summed E-state index contributed by atoms with van der Waals surface area (Å²) in [5.41, 5.74) is 2.59. The largest absolute Gasteiger partial charge is 0.506 e. The van der Waals surface area contributed by atoms with Crippen LogP contribution in [-0.2, 0) is 0 Å². The van der Waals surface area contributed by atoms with Crippen molar-refractivity contribution in [3.05, 3.63) is 40.0 Å². The summed E-state index contributed by atoms with van der Waals surface area (Å²) in [6.45, 7) is 1.93. The summed E-state index contributed by atoms with van der Waals surface area (Å²) < 4.78 is 10.9. The quantitative estimate of drug-likeness (QED) is 0.496. The van der Waals surface area contributed by atoms with Crippen molar-refractivity contribution in [3.63, 3.8) is 0 Å². The molecule has 8 heteroatoms.